The summed E-state index contributed by atoms with van der Waals surface area (Å²) in [5.74, 6) is 0. The topological polar surface area (TPSA) is 38.9 Å². The largest absolute Gasteiger partial charge is 0.501 e. The summed E-state index contributed by atoms with van der Waals surface area (Å²) in [6.07, 6.45) is 3.02. The third-order valence-electron chi connectivity index (χ3n) is 10.8. The van der Waals surface area contributed by atoms with Gasteiger partial charge in [0.25, 0.3) is 0 Å². The third kappa shape index (κ3) is 8.19. The van der Waals surface area contributed by atoms with E-state index in [9.17, 15) is 0 Å². The molecule has 3 nitrogen and oxygen atoms in total. The van der Waals surface area contributed by atoms with E-state index in [0.29, 0.717) is 22.3 Å². The van der Waals surface area contributed by atoms with Crippen molar-refractivity contribution < 1.29 is 45.1 Å². The monoisotopic (exact) mass is 984 g/mol. The molecule has 10 aromatic rings. The predicted molar refractivity (Wildman–Crippen MR) is 253 cm³/mol. The van der Waals surface area contributed by atoms with Crippen molar-refractivity contribution in [1.82, 2.24) is 9.97 Å². The molecule has 0 saturated heterocycles. The zero-order chi connectivity index (χ0) is 54.2. The van der Waals surface area contributed by atoms with Gasteiger partial charge in [-0.2, -0.15) is 0 Å². The summed E-state index contributed by atoms with van der Waals surface area (Å²) in [6, 6.07) is 44.3. The Morgan fingerprint density at radius 2 is 1.30 bits per heavy atom. The molecule has 0 spiro atoms. The minimum absolute atomic E-state index is 0. The fourth-order valence-electron chi connectivity index (χ4n) is 7.54. The van der Waals surface area contributed by atoms with Gasteiger partial charge in [0.1, 0.15) is 5.58 Å². The van der Waals surface area contributed by atoms with Crippen LogP contribution < -0.4 is 0 Å². The van der Waals surface area contributed by atoms with E-state index in [0.717, 1.165) is 49.8 Å². The Hall–Kier alpha value is -6.19. The number of hydrogen-bond acceptors (Lipinski definition) is 3. The van der Waals surface area contributed by atoms with Crippen molar-refractivity contribution in [2.75, 3.05) is 0 Å². The molecule has 0 N–H and O–H groups in total. The molecule has 0 saturated carbocycles. The third-order valence-corrected chi connectivity index (χ3v) is 10.8. The molecule has 0 atom stereocenters. The Morgan fingerprint density at radius 1 is 0.557 bits per heavy atom. The van der Waals surface area contributed by atoms with Crippen molar-refractivity contribution >= 4 is 43.5 Å². The van der Waals surface area contributed by atoms with Crippen LogP contribution in [0.25, 0.3) is 88.3 Å². The van der Waals surface area contributed by atoms with Gasteiger partial charge in [-0.15, -0.1) is 53.6 Å². The molecule has 0 fully saturated rings. The minimum Gasteiger partial charge on any atom is -0.501 e. The van der Waals surface area contributed by atoms with E-state index >= 15 is 0 Å². The van der Waals surface area contributed by atoms with Crippen LogP contribution >= 0.6 is 0 Å². The van der Waals surface area contributed by atoms with Gasteiger partial charge in [-0.3, -0.25) is 0 Å². The van der Waals surface area contributed by atoms with E-state index in [2.05, 4.69) is 67.1 Å². The van der Waals surface area contributed by atoms with Crippen LogP contribution in [0.3, 0.4) is 0 Å². The van der Waals surface area contributed by atoms with Crippen LogP contribution in [0.1, 0.15) is 74.7 Å². The number of aryl methyl sites for hydroxylation is 5. The van der Waals surface area contributed by atoms with Crippen LogP contribution in [0.4, 0.5) is 0 Å². The van der Waals surface area contributed by atoms with Crippen LogP contribution in [0.2, 0.25) is 0 Å². The molecule has 0 amide bonds. The average molecular weight is 984 g/mol. The summed E-state index contributed by atoms with van der Waals surface area (Å²) in [5, 5.41) is 5.80. The molecule has 3 heterocycles. The smallest absolute Gasteiger partial charge is 0.121 e. The fraction of sp³-hybridized carbons (Fsp3) is 0.158. The molecule has 0 aliphatic heterocycles. The van der Waals surface area contributed by atoms with Crippen LogP contribution in [0, 0.1) is 46.4 Å². The van der Waals surface area contributed by atoms with E-state index in [-0.39, 0.29) is 75.7 Å². The van der Waals surface area contributed by atoms with Crippen molar-refractivity contribution in [3.8, 4) is 44.8 Å². The normalized spacial score (nSPS) is 16.1. The molecule has 61 heavy (non-hydrogen) atoms. The van der Waals surface area contributed by atoms with Crippen LogP contribution in [-0.4, -0.2) is 9.97 Å². The minimum atomic E-state index is -2.83. The Bertz CT molecular complexity index is 3720. The van der Waals surface area contributed by atoms with E-state index < -0.39 is 34.3 Å². The Balaban J connectivity index is 0.000000307. The van der Waals surface area contributed by atoms with Gasteiger partial charge in [0.15, 0.2) is 0 Å². The van der Waals surface area contributed by atoms with Gasteiger partial charge in [-0.1, -0.05) is 135 Å². The van der Waals surface area contributed by atoms with Crippen LogP contribution in [0.15, 0.2) is 150 Å². The van der Waals surface area contributed by atoms with Crippen molar-refractivity contribution in [3.05, 3.63) is 191 Å². The van der Waals surface area contributed by atoms with Gasteiger partial charge < -0.3 is 14.4 Å². The maximum Gasteiger partial charge on any atom is 0.121 e. The number of fused-ring (bicyclic) bond motifs is 6. The van der Waals surface area contributed by atoms with Gasteiger partial charge in [0.05, 0.1) is 5.58 Å². The second kappa shape index (κ2) is 16.7. The summed E-state index contributed by atoms with van der Waals surface area (Å²) in [5.41, 5.74) is 4.25. The zero-order valence-corrected chi connectivity index (χ0v) is 35.9. The SMILES string of the molecule is [2H]C([2H])([2H])c1c[c-]c(-c2ccc(C(C)(C)C)cn2)cc1.[2H]C([2H])([2H])c1ccc(-c2cc(C([2H])([2H])[2H])c(-c3cc(-c4[c-]ccc5c4oc4cc6c(ccc7ccccc76)cc45)ncc3C([2H])([2H])[2H])cc2C([2H])([2H])[2H])cc1.[Ir]. The van der Waals surface area contributed by atoms with Gasteiger partial charge in [-0.25, -0.2) is 0 Å². The summed E-state index contributed by atoms with van der Waals surface area (Å²) in [6.45, 7) is -6.45. The first-order valence-electron chi connectivity index (χ1n) is 27.0. The Morgan fingerprint density at radius 3 is 2.03 bits per heavy atom. The van der Waals surface area contributed by atoms with Crippen LogP contribution in [0.5, 0.6) is 0 Å². The summed E-state index contributed by atoms with van der Waals surface area (Å²) in [4.78, 5) is 8.96. The average Bonchev–Trinajstić information content (AvgIpc) is 3.71. The van der Waals surface area contributed by atoms with Crippen molar-refractivity contribution in [1.29, 1.82) is 0 Å². The number of benzene rings is 7. The molecule has 10 rings (SSSR count). The van der Waals surface area contributed by atoms with E-state index in [4.69, 9.17) is 25.0 Å². The zero-order valence-electron chi connectivity index (χ0n) is 48.5. The number of pyridine rings is 2. The first-order valence-corrected chi connectivity index (χ1v) is 19.5. The molecule has 0 unspecified atom stereocenters. The van der Waals surface area contributed by atoms with Gasteiger partial charge >= 0.3 is 0 Å². The van der Waals surface area contributed by atoms with Crippen LogP contribution in [-0.2, 0) is 25.5 Å². The van der Waals surface area contributed by atoms with Crippen molar-refractivity contribution in [3.63, 3.8) is 0 Å². The quantitative estimate of drug-likeness (QED) is 0.130. The summed E-state index contributed by atoms with van der Waals surface area (Å²) in [7, 11) is 0. The van der Waals surface area contributed by atoms with Gasteiger partial charge in [-0.05, 0) is 122 Å². The second-order valence-electron chi connectivity index (χ2n) is 15.9. The molecular weight excluding hydrogens is 921 g/mol. The molecule has 7 aromatic carbocycles. The molecule has 303 valence electrons. The summed E-state index contributed by atoms with van der Waals surface area (Å²) >= 11 is 0. The Labute approximate surface area is 394 Å². The molecule has 0 bridgehead atoms. The molecule has 1 radical (unpaired) electrons. The van der Waals surface area contributed by atoms with E-state index in [1.165, 1.54) is 54.1 Å². The number of hydrogen-bond donors (Lipinski definition) is 0. The number of nitrogens with zero attached hydrogens (tertiary/aromatic N) is 2. The molecule has 0 aliphatic rings. The predicted octanol–water partition coefficient (Wildman–Crippen LogP) is 15.5. The second-order valence-corrected chi connectivity index (χ2v) is 15.9. The van der Waals surface area contributed by atoms with Gasteiger partial charge in [0, 0.05) is 58.4 Å². The van der Waals surface area contributed by atoms with Gasteiger partial charge in [0.2, 0.25) is 0 Å². The van der Waals surface area contributed by atoms with Crippen molar-refractivity contribution in [2.45, 2.75) is 60.4 Å². The molecule has 3 aromatic heterocycles. The fourth-order valence-corrected chi connectivity index (χ4v) is 7.54. The number of rotatable bonds is 4. The first kappa shape index (κ1) is 26.9. The van der Waals surface area contributed by atoms with E-state index in [1.807, 2.05) is 48.7 Å². The Kier molecular flexibility index (Phi) is 7.36. The number of furan rings is 1. The maximum absolute atomic E-state index is 8.53. The summed E-state index contributed by atoms with van der Waals surface area (Å²) < 4.78 is 128. The number of aromatic nitrogens is 2. The van der Waals surface area contributed by atoms with Crippen molar-refractivity contribution in [2.24, 2.45) is 0 Å². The maximum atomic E-state index is 8.53. The standard InChI is InChI=1S/C41H30NO.C16H18N.Ir/c1-24-12-14-29(15-13-24)34-18-26(3)35(19-25(34)2)36-21-39(42-23-27(36)4)33-11-7-10-32-38-20-30-17-16-28-8-5-6-9-31(28)37(30)22-40(38)43-41(32)33;1-12-5-7-13(8-6-12)15-10-9-14(11-17-15)16(2,3)4;/h5-10,12-23H,1-4H3;5-7,9-11H,1-4H3;/q2*-1;/i1D3,2D3,3D3,4D3;1D3;. The molecule has 0 aliphatic carbocycles. The first-order chi connectivity index (χ1) is 35.0. The molecular formula is C57H48IrN2O-2. The molecule has 4 heteroatoms. The van der Waals surface area contributed by atoms with E-state index in [1.54, 1.807) is 18.2 Å².